The molecule has 0 bridgehead atoms. The lowest BCUT2D eigenvalue weighted by Crippen LogP contribution is -2.26. The summed E-state index contributed by atoms with van der Waals surface area (Å²) >= 11 is 0. The Morgan fingerprint density at radius 2 is 1.62 bits per heavy atom. The predicted octanol–water partition coefficient (Wildman–Crippen LogP) is 2.93. The molecule has 2 rings (SSSR count). The highest BCUT2D eigenvalue weighted by molar-refractivity contribution is 5.68. The van der Waals surface area contributed by atoms with E-state index in [1.807, 2.05) is 4.90 Å². The first kappa shape index (κ1) is 11.2. The average molecular weight is 226 g/mol. The van der Waals surface area contributed by atoms with Gasteiger partial charge in [-0.25, -0.2) is 8.78 Å². The maximum absolute atomic E-state index is 13.7. The van der Waals surface area contributed by atoms with Crippen LogP contribution in [-0.4, -0.2) is 13.1 Å². The second kappa shape index (κ2) is 4.68. The molecule has 1 aromatic carbocycles. The van der Waals surface area contributed by atoms with E-state index in [1.54, 1.807) is 0 Å². The lowest BCUT2D eigenvalue weighted by atomic mass is 10.2. The number of nitrogen functional groups attached to an aromatic ring is 1. The molecular weight excluding hydrogens is 210 g/mol. The number of hydrogen-bond acceptors (Lipinski definition) is 2. The van der Waals surface area contributed by atoms with Crippen LogP contribution in [0.1, 0.15) is 25.7 Å². The molecule has 88 valence electrons. The highest BCUT2D eigenvalue weighted by Crippen LogP contribution is 2.29. The Morgan fingerprint density at radius 1 is 1.00 bits per heavy atom. The van der Waals surface area contributed by atoms with Crippen LogP contribution < -0.4 is 10.6 Å². The van der Waals surface area contributed by atoms with E-state index >= 15 is 0 Å². The number of nitrogens with zero attached hydrogens (tertiary/aromatic N) is 1. The van der Waals surface area contributed by atoms with E-state index in [0.29, 0.717) is 5.69 Å². The van der Waals surface area contributed by atoms with Crippen LogP contribution in [0.3, 0.4) is 0 Å². The summed E-state index contributed by atoms with van der Waals surface area (Å²) < 4.78 is 26.6. The molecule has 0 amide bonds. The van der Waals surface area contributed by atoms with Crippen molar-refractivity contribution in [1.82, 2.24) is 0 Å². The van der Waals surface area contributed by atoms with E-state index in [0.717, 1.165) is 32.0 Å². The number of halogens is 2. The van der Waals surface area contributed by atoms with Gasteiger partial charge in [-0.05, 0) is 18.9 Å². The fraction of sp³-hybridized carbons (Fsp3) is 0.500. The van der Waals surface area contributed by atoms with E-state index in [1.165, 1.54) is 18.9 Å². The molecule has 2 nitrogen and oxygen atoms in total. The van der Waals surface area contributed by atoms with Crippen molar-refractivity contribution in [2.45, 2.75) is 25.7 Å². The standard InChI is InChI=1S/C12H16F2N2/c13-9-7-10(14)12(11(15)8-9)16-5-3-1-2-4-6-16/h7-8H,1-6,15H2. The second-order valence-electron chi connectivity index (χ2n) is 4.23. The highest BCUT2D eigenvalue weighted by atomic mass is 19.1. The van der Waals surface area contributed by atoms with Crippen molar-refractivity contribution >= 4 is 11.4 Å². The Kier molecular flexibility index (Phi) is 3.27. The number of nitrogens with two attached hydrogens (primary N) is 1. The fourth-order valence-corrected chi connectivity index (χ4v) is 2.21. The van der Waals surface area contributed by atoms with Gasteiger partial charge in [0.1, 0.15) is 5.82 Å². The molecule has 0 spiro atoms. The molecule has 0 aromatic heterocycles. The molecule has 0 saturated carbocycles. The molecule has 0 aliphatic carbocycles. The Labute approximate surface area is 94.0 Å². The number of benzene rings is 1. The van der Waals surface area contributed by atoms with Gasteiger partial charge in [-0.3, -0.25) is 0 Å². The van der Waals surface area contributed by atoms with Crippen molar-refractivity contribution in [3.05, 3.63) is 23.8 Å². The van der Waals surface area contributed by atoms with Gasteiger partial charge in [0.15, 0.2) is 5.82 Å². The molecule has 1 saturated heterocycles. The van der Waals surface area contributed by atoms with Crippen LogP contribution in [0.2, 0.25) is 0 Å². The Hall–Kier alpha value is -1.32. The fourth-order valence-electron chi connectivity index (χ4n) is 2.21. The Morgan fingerprint density at radius 3 is 2.19 bits per heavy atom. The van der Waals surface area contributed by atoms with Crippen molar-refractivity contribution < 1.29 is 8.78 Å². The molecule has 0 radical (unpaired) electrons. The maximum Gasteiger partial charge on any atom is 0.151 e. The number of rotatable bonds is 1. The lowest BCUT2D eigenvalue weighted by Gasteiger charge is -2.24. The third-order valence-electron chi connectivity index (χ3n) is 2.98. The minimum atomic E-state index is -0.617. The maximum atomic E-state index is 13.7. The summed E-state index contributed by atoms with van der Waals surface area (Å²) in [6, 6.07) is 2.08. The van der Waals surface area contributed by atoms with Crippen LogP contribution in [0.5, 0.6) is 0 Å². The van der Waals surface area contributed by atoms with Crippen LogP contribution in [0.25, 0.3) is 0 Å². The van der Waals surface area contributed by atoms with Crippen molar-refractivity contribution in [1.29, 1.82) is 0 Å². The largest absolute Gasteiger partial charge is 0.397 e. The quantitative estimate of drug-likeness (QED) is 0.746. The van der Waals surface area contributed by atoms with Gasteiger partial charge in [-0.1, -0.05) is 12.8 Å². The van der Waals surface area contributed by atoms with E-state index in [2.05, 4.69) is 0 Å². The molecule has 4 heteroatoms. The average Bonchev–Trinajstić information content (AvgIpc) is 2.44. The van der Waals surface area contributed by atoms with Gasteiger partial charge in [0.05, 0.1) is 11.4 Å². The SMILES string of the molecule is Nc1cc(F)cc(F)c1N1CCCCCC1. The van der Waals surface area contributed by atoms with Crippen LogP contribution in [0, 0.1) is 11.6 Å². The molecule has 2 N–H and O–H groups in total. The van der Waals surface area contributed by atoms with E-state index in [-0.39, 0.29) is 5.69 Å². The summed E-state index contributed by atoms with van der Waals surface area (Å²) in [7, 11) is 0. The molecule has 1 aromatic rings. The molecule has 16 heavy (non-hydrogen) atoms. The van der Waals surface area contributed by atoms with Gasteiger partial charge in [-0.15, -0.1) is 0 Å². The minimum absolute atomic E-state index is 0.194. The first-order valence-corrected chi connectivity index (χ1v) is 5.68. The first-order valence-electron chi connectivity index (χ1n) is 5.68. The van der Waals surface area contributed by atoms with Gasteiger partial charge in [0.2, 0.25) is 0 Å². The zero-order valence-electron chi connectivity index (χ0n) is 9.18. The second-order valence-corrected chi connectivity index (χ2v) is 4.23. The summed E-state index contributed by atoms with van der Waals surface area (Å²) in [6.45, 7) is 1.60. The third kappa shape index (κ3) is 2.26. The lowest BCUT2D eigenvalue weighted by molar-refractivity contribution is 0.579. The van der Waals surface area contributed by atoms with E-state index < -0.39 is 11.6 Å². The van der Waals surface area contributed by atoms with Gasteiger partial charge in [0.25, 0.3) is 0 Å². The first-order chi connectivity index (χ1) is 7.68. The van der Waals surface area contributed by atoms with Crippen molar-refractivity contribution in [2.75, 3.05) is 23.7 Å². The molecule has 1 aliphatic heterocycles. The Bertz CT molecular complexity index is 348. The van der Waals surface area contributed by atoms with Crippen LogP contribution >= 0.6 is 0 Å². The van der Waals surface area contributed by atoms with Crippen LogP contribution in [-0.2, 0) is 0 Å². The van der Waals surface area contributed by atoms with Crippen molar-refractivity contribution in [2.24, 2.45) is 0 Å². The monoisotopic (exact) mass is 226 g/mol. The summed E-state index contributed by atoms with van der Waals surface area (Å²) in [4.78, 5) is 1.93. The third-order valence-corrected chi connectivity index (χ3v) is 2.98. The summed E-state index contributed by atoms with van der Waals surface area (Å²) in [5.41, 5.74) is 6.24. The smallest absolute Gasteiger partial charge is 0.151 e. The van der Waals surface area contributed by atoms with Gasteiger partial charge < -0.3 is 10.6 Å². The van der Waals surface area contributed by atoms with Crippen molar-refractivity contribution in [3.63, 3.8) is 0 Å². The molecular formula is C12H16F2N2. The van der Waals surface area contributed by atoms with E-state index in [9.17, 15) is 8.78 Å². The Balaban J connectivity index is 2.31. The minimum Gasteiger partial charge on any atom is -0.397 e. The van der Waals surface area contributed by atoms with Gasteiger partial charge in [0, 0.05) is 19.2 Å². The number of anilines is 2. The van der Waals surface area contributed by atoms with Gasteiger partial charge >= 0.3 is 0 Å². The zero-order chi connectivity index (χ0) is 11.5. The van der Waals surface area contributed by atoms with Crippen molar-refractivity contribution in [3.8, 4) is 0 Å². The molecule has 1 aliphatic rings. The summed E-state index contributed by atoms with van der Waals surface area (Å²) in [6.07, 6.45) is 4.41. The molecule has 1 heterocycles. The van der Waals surface area contributed by atoms with E-state index in [4.69, 9.17) is 5.73 Å². The molecule has 0 unspecified atom stereocenters. The number of hydrogen-bond donors (Lipinski definition) is 1. The normalized spacial score (nSPS) is 17.2. The summed E-state index contributed by atoms with van der Waals surface area (Å²) in [5, 5.41) is 0. The van der Waals surface area contributed by atoms with Crippen LogP contribution in [0.15, 0.2) is 12.1 Å². The summed E-state index contributed by atoms with van der Waals surface area (Å²) in [5.74, 6) is -1.17. The molecule has 0 atom stereocenters. The van der Waals surface area contributed by atoms with Gasteiger partial charge in [-0.2, -0.15) is 0 Å². The predicted molar refractivity (Wildman–Crippen MR) is 61.5 cm³/mol. The van der Waals surface area contributed by atoms with Crippen LogP contribution in [0.4, 0.5) is 20.2 Å². The highest BCUT2D eigenvalue weighted by Gasteiger charge is 2.17. The molecule has 1 fully saturated rings. The topological polar surface area (TPSA) is 29.3 Å². The zero-order valence-corrected chi connectivity index (χ0v) is 9.18.